The maximum atomic E-state index is 9.20. The van der Waals surface area contributed by atoms with E-state index in [9.17, 15) is 5.11 Å². The first kappa shape index (κ1) is 8.93. The van der Waals surface area contributed by atoms with Crippen LogP contribution in [0.2, 0.25) is 5.02 Å². The molecule has 0 fully saturated rings. The summed E-state index contributed by atoms with van der Waals surface area (Å²) >= 11 is 7.76. The number of phenols is 1. The molecule has 0 atom stereocenters. The van der Waals surface area contributed by atoms with E-state index in [-0.39, 0.29) is 10.8 Å². The molecule has 1 aromatic rings. The van der Waals surface area contributed by atoms with Gasteiger partial charge in [0.15, 0.2) is 0 Å². The molecule has 1 N–H and O–H groups in total. The summed E-state index contributed by atoms with van der Waals surface area (Å²) in [6.07, 6.45) is 0. The molecule has 4 heteroatoms. The average molecular weight is 284 g/mol. The molecule has 0 heterocycles. The van der Waals surface area contributed by atoms with Crippen molar-refractivity contribution >= 4 is 34.2 Å². The second-order valence-corrected chi connectivity index (χ2v) is 3.56. The van der Waals surface area contributed by atoms with E-state index in [0.29, 0.717) is 5.75 Å². The van der Waals surface area contributed by atoms with Gasteiger partial charge in [0.05, 0.1) is 7.11 Å². The van der Waals surface area contributed by atoms with E-state index < -0.39 is 0 Å². The molecule has 0 unspecified atom stereocenters. The molecule has 0 bridgehead atoms. The first-order valence-corrected chi connectivity index (χ1v) is 4.33. The molecule has 0 aliphatic carbocycles. The lowest BCUT2D eigenvalue weighted by atomic mass is 10.3. The van der Waals surface area contributed by atoms with Gasteiger partial charge in [0.25, 0.3) is 0 Å². The standard InChI is InChI=1S/C7H6ClIO2/c1-11-6-3-4(9)2-5(10)7(6)8/h2-3,10H,1H3. The van der Waals surface area contributed by atoms with E-state index in [0.717, 1.165) is 3.57 Å². The van der Waals surface area contributed by atoms with E-state index in [1.54, 1.807) is 12.1 Å². The highest BCUT2D eigenvalue weighted by atomic mass is 127. The van der Waals surface area contributed by atoms with Gasteiger partial charge in [-0.15, -0.1) is 0 Å². The highest BCUT2D eigenvalue weighted by Gasteiger charge is 2.06. The van der Waals surface area contributed by atoms with Crippen molar-refractivity contribution in [2.75, 3.05) is 7.11 Å². The van der Waals surface area contributed by atoms with Crippen LogP contribution in [0.3, 0.4) is 0 Å². The Morgan fingerprint density at radius 3 is 2.73 bits per heavy atom. The van der Waals surface area contributed by atoms with Crippen molar-refractivity contribution < 1.29 is 9.84 Å². The van der Waals surface area contributed by atoms with E-state index in [2.05, 4.69) is 22.6 Å². The zero-order chi connectivity index (χ0) is 8.43. The summed E-state index contributed by atoms with van der Waals surface area (Å²) in [6, 6.07) is 3.33. The van der Waals surface area contributed by atoms with Crippen molar-refractivity contribution in [3.63, 3.8) is 0 Å². The van der Waals surface area contributed by atoms with Crippen molar-refractivity contribution in [3.8, 4) is 11.5 Å². The van der Waals surface area contributed by atoms with Crippen molar-refractivity contribution in [2.24, 2.45) is 0 Å². The molecule has 0 spiro atoms. The molecule has 0 aromatic heterocycles. The van der Waals surface area contributed by atoms with Gasteiger partial charge in [0, 0.05) is 3.57 Å². The Bertz CT molecular complexity index is 275. The van der Waals surface area contributed by atoms with Crippen molar-refractivity contribution in [1.29, 1.82) is 0 Å². The van der Waals surface area contributed by atoms with Gasteiger partial charge in [-0.1, -0.05) is 11.6 Å². The Morgan fingerprint density at radius 2 is 2.18 bits per heavy atom. The monoisotopic (exact) mass is 284 g/mol. The van der Waals surface area contributed by atoms with Gasteiger partial charge in [0.2, 0.25) is 0 Å². The molecule has 11 heavy (non-hydrogen) atoms. The summed E-state index contributed by atoms with van der Waals surface area (Å²) in [4.78, 5) is 0. The van der Waals surface area contributed by atoms with Crippen LogP contribution in [0, 0.1) is 3.57 Å². The normalized spacial score (nSPS) is 9.73. The van der Waals surface area contributed by atoms with Crippen LogP contribution in [0.5, 0.6) is 11.5 Å². The summed E-state index contributed by atoms with van der Waals surface area (Å²) in [5.41, 5.74) is 0. The van der Waals surface area contributed by atoms with Crippen LogP contribution in [0.25, 0.3) is 0 Å². The summed E-state index contributed by atoms with van der Waals surface area (Å²) in [5, 5.41) is 9.45. The van der Waals surface area contributed by atoms with Gasteiger partial charge < -0.3 is 9.84 Å². The van der Waals surface area contributed by atoms with Gasteiger partial charge in [-0.3, -0.25) is 0 Å². The van der Waals surface area contributed by atoms with Crippen LogP contribution in [0.15, 0.2) is 12.1 Å². The quantitative estimate of drug-likeness (QED) is 0.804. The van der Waals surface area contributed by atoms with E-state index >= 15 is 0 Å². The molecule has 0 aliphatic heterocycles. The predicted molar refractivity (Wildman–Crippen MR) is 52.4 cm³/mol. The number of methoxy groups -OCH3 is 1. The minimum absolute atomic E-state index is 0.0513. The average Bonchev–Trinajstić information content (AvgIpc) is 1.96. The van der Waals surface area contributed by atoms with E-state index in [4.69, 9.17) is 16.3 Å². The minimum Gasteiger partial charge on any atom is -0.506 e. The Labute approximate surface area is 83.3 Å². The Kier molecular flexibility index (Phi) is 2.84. The lowest BCUT2D eigenvalue weighted by Crippen LogP contribution is -1.85. The number of hydrogen-bond donors (Lipinski definition) is 1. The lowest BCUT2D eigenvalue weighted by Gasteiger charge is -2.04. The topological polar surface area (TPSA) is 29.5 Å². The smallest absolute Gasteiger partial charge is 0.142 e. The number of hydrogen-bond acceptors (Lipinski definition) is 2. The number of halogens is 2. The molecule has 2 nitrogen and oxygen atoms in total. The highest BCUT2D eigenvalue weighted by molar-refractivity contribution is 14.1. The minimum atomic E-state index is 0.0513. The van der Waals surface area contributed by atoms with Crippen LogP contribution in [0.4, 0.5) is 0 Å². The molecule has 0 amide bonds. The second kappa shape index (κ2) is 3.49. The fraction of sp³-hybridized carbons (Fsp3) is 0.143. The maximum absolute atomic E-state index is 9.20. The Balaban J connectivity index is 3.24. The number of ether oxygens (including phenoxy) is 1. The van der Waals surface area contributed by atoms with E-state index in [1.165, 1.54) is 7.11 Å². The molecule has 1 rings (SSSR count). The zero-order valence-electron chi connectivity index (χ0n) is 5.77. The fourth-order valence-corrected chi connectivity index (χ4v) is 1.46. The lowest BCUT2D eigenvalue weighted by molar-refractivity contribution is 0.407. The summed E-state index contributed by atoms with van der Waals surface area (Å²) in [7, 11) is 1.51. The third kappa shape index (κ3) is 1.90. The summed E-state index contributed by atoms with van der Waals surface area (Å²) in [6.45, 7) is 0. The van der Waals surface area contributed by atoms with Gasteiger partial charge in [-0.2, -0.15) is 0 Å². The van der Waals surface area contributed by atoms with Gasteiger partial charge >= 0.3 is 0 Å². The fourth-order valence-electron chi connectivity index (χ4n) is 0.699. The van der Waals surface area contributed by atoms with Crippen LogP contribution in [-0.4, -0.2) is 12.2 Å². The predicted octanol–water partition coefficient (Wildman–Crippen LogP) is 2.66. The molecule has 0 saturated heterocycles. The third-order valence-corrected chi connectivity index (χ3v) is 2.21. The molecular weight excluding hydrogens is 278 g/mol. The van der Waals surface area contributed by atoms with Crippen molar-refractivity contribution in [2.45, 2.75) is 0 Å². The van der Waals surface area contributed by atoms with Crippen LogP contribution >= 0.6 is 34.2 Å². The highest BCUT2D eigenvalue weighted by Crippen LogP contribution is 2.34. The zero-order valence-corrected chi connectivity index (χ0v) is 8.68. The number of rotatable bonds is 1. The van der Waals surface area contributed by atoms with Crippen LogP contribution < -0.4 is 4.74 Å². The summed E-state index contributed by atoms with van der Waals surface area (Å²) in [5.74, 6) is 0.548. The Hall–Kier alpha value is -0.160. The molecule has 0 aliphatic rings. The van der Waals surface area contributed by atoms with Crippen molar-refractivity contribution in [1.82, 2.24) is 0 Å². The Morgan fingerprint density at radius 1 is 1.55 bits per heavy atom. The maximum Gasteiger partial charge on any atom is 0.142 e. The second-order valence-electron chi connectivity index (χ2n) is 1.94. The molecule has 0 radical (unpaired) electrons. The SMILES string of the molecule is COc1cc(I)cc(O)c1Cl. The van der Waals surface area contributed by atoms with Gasteiger partial charge in [-0.05, 0) is 34.7 Å². The van der Waals surface area contributed by atoms with Crippen molar-refractivity contribution in [3.05, 3.63) is 20.7 Å². The summed E-state index contributed by atoms with van der Waals surface area (Å²) < 4.78 is 5.80. The van der Waals surface area contributed by atoms with E-state index in [1.807, 2.05) is 0 Å². The first-order valence-electron chi connectivity index (χ1n) is 2.87. The molecule has 0 saturated carbocycles. The molecular formula is C7H6ClIO2. The van der Waals surface area contributed by atoms with Crippen LogP contribution in [-0.2, 0) is 0 Å². The van der Waals surface area contributed by atoms with Crippen LogP contribution in [0.1, 0.15) is 0 Å². The largest absolute Gasteiger partial charge is 0.506 e. The number of benzene rings is 1. The number of aromatic hydroxyl groups is 1. The molecule has 1 aromatic carbocycles. The van der Waals surface area contributed by atoms with Gasteiger partial charge in [0.1, 0.15) is 16.5 Å². The first-order chi connectivity index (χ1) is 5.15. The number of phenolic OH excluding ortho intramolecular Hbond substituents is 1. The van der Waals surface area contributed by atoms with Gasteiger partial charge in [-0.25, -0.2) is 0 Å². The third-order valence-electron chi connectivity index (χ3n) is 1.20. The molecule has 60 valence electrons.